The van der Waals surface area contributed by atoms with Crippen molar-refractivity contribution in [1.82, 2.24) is 0 Å². The van der Waals surface area contributed by atoms with E-state index in [9.17, 15) is 0 Å². The van der Waals surface area contributed by atoms with Gasteiger partial charge in [-0.15, -0.1) is 6.58 Å². The van der Waals surface area contributed by atoms with E-state index in [-0.39, 0.29) is 6.04 Å². The second kappa shape index (κ2) is 4.67. The van der Waals surface area contributed by atoms with Crippen LogP contribution in [0.3, 0.4) is 0 Å². The van der Waals surface area contributed by atoms with Crippen LogP contribution in [0.25, 0.3) is 0 Å². The van der Waals surface area contributed by atoms with Gasteiger partial charge in [0.2, 0.25) is 0 Å². The van der Waals surface area contributed by atoms with Crippen molar-refractivity contribution in [2.45, 2.75) is 6.04 Å². The molecule has 0 fully saturated rings. The van der Waals surface area contributed by atoms with E-state index in [1.54, 1.807) is 26.4 Å². The van der Waals surface area contributed by atoms with Crippen molar-refractivity contribution in [3.05, 3.63) is 36.4 Å². The second-order valence-corrected chi connectivity index (χ2v) is 2.87. The van der Waals surface area contributed by atoms with Crippen LogP contribution in [0.4, 0.5) is 0 Å². The fourth-order valence-electron chi connectivity index (χ4n) is 1.22. The Labute approximate surface area is 84.1 Å². The van der Waals surface area contributed by atoms with Gasteiger partial charge in [-0.05, 0) is 12.1 Å². The van der Waals surface area contributed by atoms with Crippen LogP contribution < -0.4 is 15.2 Å². The van der Waals surface area contributed by atoms with Gasteiger partial charge in [0.1, 0.15) is 11.5 Å². The molecule has 0 saturated heterocycles. The predicted octanol–water partition coefficient (Wildman–Crippen LogP) is 1.89. The van der Waals surface area contributed by atoms with E-state index in [2.05, 4.69) is 6.58 Å². The van der Waals surface area contributed by atoms with Gasteiger partial charge in [-0.3, -0.25) is 0 Å². The third-order valence-corrected chi connectivity index (χ3v) is 2.05. The highest BCUT2D eigenvalue weighted by molar-refractivity contribution is 5.43. The van der Waals surface area contributed by atoms with E-state index in [0.717, 1.165) is 17.1 Å². The number of methoxy groups -OCH3 is 2. The quantitative estimate of drug-likeness (QED) is 0.743. The first-order valence-corrected chi connectivity index (χ1v) is 4.33. The summed E-state index contributed by atoms with van der Waals surface area (Å²) in [6.07, 6.45) is 1.67. The molecule has 0 aliphatic rings. The predicted molar refractivity (Wildman–Crippen MR) is 56.7 cm³/mol. The third-order valence-electron chi connectivity index (χ3n) is 2.05. The molecule has 0 aliphatic carbocycles. The summed E-state index contributed by atoms with van der Waals surface area (Å²) in [5, 5.41) is 0. The maximum Gasteiger partial charge on any atom is 0.127 e. The van der Waals surface area contributed by atoms with Gasteiger partial charge >= 0.3 is 0 Å². The molecule has 0 unspecified atom stereocenters. The third kappa shape index (κ3) is 2.06. The molecule has 0 aromatic heterocycles. The maximum absolute atomic E-state index is 5.82. The summed E-state index contributed by atoms with van der Waals surface area (Å²) in [4.78, 5) is 0. The minimum Gasteiger partial charge on any atom is -0.497 e. The lowest BCUT2D eigenvalue weighted by atomic mass is 10.1. The molecular formula is C11H15NO2. The summed E-state index contributed by atoms with van der Waals surface area (Å²) in [6, 6.07) is 5.32. The van der Waals surface area contributed by atoms with Crippen molar-refractivity contribution in [2.75, 3.05) is 14.2 Å². The van der Waals surface area contributed by atoms with Crippen LogP contribution in [0.1, 0.15) is 11.6 Å². The molecule has 1 rings (SSSR count). The minimum absolute atomic E-state index is 0.212. The smallest absolute Gasteiger partial charge is 0.127 e. The zero-order chi connectivity index (χ0) is 10.6. The van der Waals surface area contributed by atoms with E-state index in [0.29, 0.717) is 0 Å². The Hall–Kier alpha value is -1.48. The topological polar surface area (TPSA) is 44.5 Å². The highest BCUT2D eigenvalue weighted by Gasteiger charge is 2.09. The minimum atomic E-state index is -0.212. The van der Waals surface area contributed by atoms with E-state index in [1.165, 1.54) is 0 Å². The van der Waals surface area contributed by atoms with E-state index in [4.69, 9.17) is 15.2 Å². The molecule has 1 atom stereocenters. The summed E-state index contributed by atoms with van der Waals surface area (Å²) < 4.78 is 10.3. The molecule has 2 N–H and O–H groups in total. The highest BCUT2D eigenvalue weighted by Crippen LogP contribution is 2.28. The van der Waals surface area contributed by atoms with Gasteiger partial charge in [0.05, 0.1) is 20.3 Å². The molecule has 0 spiro atoms. The van der Waals surface area contributed by atoms with Gasteiger partial charge in [-0.1, -0.05) is 6.08 Å². The highest BCUT2D eigenvalue weighted by atomic mass is 16.5. The second-order valence-electron chi connectivity index (χ2n) is 2.87. The normalized spacial score (nSPS) is 11.9. The maximum atomic E-state index is 5.82. The Bertz CT molecular complexity index is 323. The number of hydrogen-bond acceptors (Lipinski definition) is 3. The first kappa shape index (κ1) is 10.6. The number of ether oxygens (including phenoxy) is 2. The Morgan fingerprint density at radius 2 is 2.07 bits per heavy atom. The first-order valence-electron chi connectivity index (χ1n) is 4.33. The van der Waals surface area contributed by atoms with E-state index < -0.39 is 0 Å². The molecule has 0 heterocycles. The van der Waals surface area contributed by atoms with Gasteiger partial charge < -0.3 is 15.2 Å². The monoisotopic (exact) mass is 193 g/mol. The van der Waals surface area contributed by atoms with Crippen molar-refractivity contribution < 1.29 is 9.47 Å². The van der Waals surface area contributed by atoms with Crippen LogP contribution in [0.2, 0.25) is 0 Å². The molecule has 0 aliphatic heterocycles. The van der Waals surface area contributed by atoms with Gasteiger partial charge in [-0.25, -0.2) is 0 Å². The molecule has 1 aromatic rings. The summed E-state index contributed by atoms with van der Waals surface area (Å²) in [7, 11) is 3.22. The molecule has 0 amide bonds. The average Bonchev–Trinajstić information content (AvgIpc) is 2.27. The first-order chi connectivity index (χ1) is 6.72. The molecule has 14 heavy (non-hydrogen) atoms. The van der Waals surface area contributed by atoms with Crippen LogP contribution in [-0.4, -0.2) is 14.2 Å². The van der Waals surface area contributed by atoms with Crippen LogP contribution in [0, 0.1) is 0 Å². The number of hydrogen-bond donors (Lipinski definition) is 1. The zero-order valence-electron chi connectivity index (χ0n) is 8.49. The molecular weight excluding hydrogens is 178 g/mol. The largest absolute Gasteiger partial charge is 0.497 e. The fraction of sp³-hybridized carbons (Fsp3) is 0.273. The van der Waals surface area contributed by atoms with Gasteiger partial charge in [0.25, 0.3) is 0 Å². The Kier molecular flexibility index (Phi) is 3.54. The standard InChI is InChI=1S/C11H15NO2/c1-4-10(12)9-6-5-8(13-2)7-11(9)14-3/h4-7,10H,1,12H2,2-3H3/t10-/m0/s1. The lowest BCUT2D eigenvalue weighted by Crippen LogP contribution is -2.08. The van der Waals surface area contributed by atoms with Crippen molar-refractivity contribution in [1.29, 1.82) is 0 Å². The number of benzene rings is 1. The van der Waals surface area contributed by atoms with Crippen molar-refractivity contribution >= 4 is 0 Å². The van der Waals surface area contributed by atoms with E-state index in [1.807, 2.05) is 12.1 Å². The van der Waals surface area contributed by atoms with Gasteiger partial charge in [0, 0.05) is 11.6 Å². The fourth-order valence-corrected chi connectivity index (χ4v) is 1.22. The Morgan fingerprint density at radius 3 is 2.57 bits per heavy atom. The van der Waals surface area contributed by atoms with Crippen LogP contribution in [-0.2, 0) is 0 Å². The summed E-state index contributed by atoms with van der Waals surface area (Å²) >= 11 is 0. The average molecular weight is 193 g/mol. The molecule has 76 valence electrons. The SMILES string of the molecule is C=C[C@H](N)c1ccc(OC)cc1OC. The van der Waals surface area contributed by atoms with Crippen molar-refractivity contribution in [2.24, 2.45) is 5.73 Å². The molecule has 3 heteroatoms. The summed E-state index contributed by atoms with van der Waals surface area (Å²) in [6.45, 7) is 3.64. The summed E-state index contributed by atoms with van der Waals surface area (Å²) in [5.41, 5.74) is 6.73. The number of nitrogens with two attached hydrogens (primary N) is 1. The molecule has 0 saturated carbocycles. The van der Waals surface area contributed by atoms with E-state index >= 15 is 0 Å². The zero-order valence-corrected chi connectivity index (χ0v) is 8.49. The number of rotatable bonds is 4. The van der Waals surface area contributed by atoms with Crippen LogP contribution in [0.15, 0.2) is 30.9 Å². The van der Waals surface area contributed by atoms with Crippen LogP contribution >= 0.6 is 0 Å². The van der Waals surface area contributed by atoms with Crippen molar-refractivity contribution in [3.8, 4) is 11.5 Å². The molecule has 0 bridgehead atoms. The Morgan fingerprint density at radius 1 is 1.36 bits per heavy atom. The van der Waals surface area contributed by atoms with Gasteiger partial charge in [0.15, 0.2) is 0 Å². The Balaban J connectivity index is 3.10. The van der Waals surface area contributed by atoms with Crippen molar-refractivity contribution in [3.63, 3.8) is 0 Å². The summed E-state index contributed by atoms with van der Waals surface area (Å²) in [5.74, 6) is 1.47. The molecule has 1 aromatic carbocycles. The lowest BCUT2D eigenvalue weighted by molar-refractivity contribution is 0.390. The molecule has 0 radical (unpaired) electrons. The van der Waals surface area contributed by atoms with Gasteiger partial charge in [-0.2, -0.15) is 0 Å². The lowest BCUT2D eigenvalue weighted by Gasteiger charge is -2.13. The van der Waals surface area contributed by atoms with Crippen LogP contribution in [0.5, 0.6) is 11.5 Å². The molecule has 3 nitrogen and oxygen atoms in total.